The Balaban J connectivity index is 1.25. The number of nitrogens with zero attached hydrogens (tertiary/aromatic N) is 2. The predicted octanol–water partition coefficient (Wildman–Crippen LogP) is 2.81. The van der Waals surface area contributed by atoms with E-state index in [-0.39, 0.29) is 37.0 Å². The van der Waals surface area contributed by atoms with Crippen LogP contribution in [-0.4, -0.2) is 47.0 Å². The third-order valence-electron chi connectivity index (χ3n) is 5.70. The molecule has 2 N–H and O–H groups in total. The Morgan fingerprint density at radius 3 is 2.82 bits per heavy atom. The second-order valence-electron chi connectivity index (χ2n) is 7.84. The van der Waals surface area contributed by atoms with Gasteiger partial charge in [0, 0.05) is 31.3 Å². The number of rotatable bonds is 9. The Kier molecular flexibility index (Phi) is 6.58. The maximum Gasteiger partial charge on any atom is 0.325 e. The summed E-state index contributed by atoms with van der Waals surface area (Å²) in [7, 11) is 1.53. The first-order valence-corrected chi connectivity index (χ1v) is 10.7. The minimum Gasteiger partial charge on any atom is -0.496 e. The lowest BCUT2D eigenvalue weighted by molar-refractivity contribution is -0.128. The van der Waals surface area contributed by atoms with Crippen molar-refractivity contribution in [3.63, 3.8) is 0 Å². The molecule has 1 aliphatic heterocycles. The average Bonchev–Trinajstić information content (AvgIpc) is 3.33. The maximum atomic E-state index is 13.5. The second kappa shape index (κ2) is 9.72. The molecule has 1 aromatic heterocycles. The Hall–Kier alpha value is -3.88. The van der Waals surface area contributed by atoms with E-state index < -0.39 is 12.1 Å². The zero-order valence-electron chi connectivity index (χ0n) is 18.2. The Morgan fingerprint density at radius 1 is 1.18 bits per heavy atom. The van der Waals surface area contributed by atoms with Crippen LogP contribution >= 0.6 is 0 Å². The van der Waals surface area contributed by atoms with Gasteiger partial charge in [0.1, 0.15) is 17.6 Å². The van der Waals surface area contributed by atoms with Crippen LogP contribution in [0.25, 0.3) is 10.9 Å². The van der Waals surface area contributed by atoms with Crippen molar-refractivity contribution < 1.29 is 23.5 Å². The van der Waals surface area contributed by atoms with Crippen LogP contribution in [0.2, 0.25) is 0 Å². The lowest BCUT2D eigenvalue weighted by Gasteiger charge is -2.15. The van der Waals surface area contributed by atoms with Gasteiger partial charge in [-0.3, -0.25) is 14.5 Å². The summed E-state index contributed by atoms with van der Waals surface area (Å²) in [6, 6.07) is 12.4. The molecule has 9 heteroatoms. The summed E-state index contributed by atoms with van der Waals surface area (Å²) in [4.78, 5) is 38.4. The van der Waals surface area contributed by atoms with E-state index >= 15 is 0 Å². The lowest BCUT2D eigenvalue weighted by atomic mass is 10.1. The summed E-state index contributed by atoms with van der Waals surface area (Å²) < 4.78 is 20.6. The van der Waals surface area contributed by atoms with Crippen molar-refractivity contribution >= 4 is 28.7 Å². The van der Waals surface area contributed by atoms with Gasteiger partial charge in [-0.2, -0.15) is 0 Å². The molecule has 1 aliphatic rings. The van der Waals surface area contributed by atoms with Gasteiger partial charge >= 0.3 is 6.03 Å². The molecule has 0 bridgehead atoms. The van der Waals surface area contributed by atoms with Gasteiger partial charge in [0.15, 0.2) is 0 Å². The van der Waals surface area contributed by atoms with Gasteiger partial charge in [0.2, 0.25) is 5.91 Å². The van der Waals surface area contributed by atoms with E-state index in [1.54, 1.807) is 18.2 Å². The van der Waals surface area contributed by atoms with Crippen molar-refractivity contribution in [3.8, 4) is 5.75 Å². The molecule has 1 fully saturated rings. The number of methoxy groups -OCH3 is 1. The number of hydrogen-bond acceptors (Lipinski definition) is 4. The average molecular weight is 452 g/mol. The first kappa shape index (κ1) is 22.3. The fourth-order valence-corrected chi connectivity index (χ4v) is 3.96. The number of imide groups is 1. The zero-order chi connectivity index (χ0) is 23.4. The molecule has 33 heavy (non-hydrogen) atoms. The van der Waals surface area contributed by atoms with Crippen molar-refractivity contribution in [1.29, 1.82) is 0 Å². The monoisotopic (exact) mass is 452 g/mol. The number of benzene rings is 2. The highest BCUT2D eigenvalue weighted by Gasteiger charge is 2.38. The van der Waals surface area contributed by atoms with Gasteiger partial charge in [-0.15, -0.1) is 0 Å². The summed E-state index contributed by atoms with van der Waals surface area (Å²) in [5.41, 5.74) is 1.48. The van der Waals surface area contributed by atoms with E-state index in [9.17, 15) is 18.8 Å². The van der Waals surface area contributed by atoms with Crippen molar-refractivity contribution in [2.75, 3.05) is 13.7 Å². The van der Waals surface area contributed by atoms with Crippen LogP contribution in [-0.2, 0) is 22.7 Å². The number of hydrogen-bond donors (Lipinski definition) is 2. The molecule has 0 radical (unpaired) electrons. The molecule has 1 atom stereocenters. The summed E-state index contributed by atoms with van der Waals surface area (Å²) >= 11 is 0. The third-order valence-corrected chi connectivity index (χ3v) is 5.70. The second-order valence-corrected chi connectivity index (χ2v) is 7.84. The SMILES string of the molecule is COc1ccccc1CN1C(=O)NC(CCC(=O)NCCn2ccc3ccc(F)cc32)C1=O. The van der Waals surface area contributed by atoms with E-state index in [0.717, 1.165) is 21.4 Å². The van der Waals surface area contributed by atoms with Gasteiger partial charge < -0.3 is 19.9 Å². The van der Waals surface area contributed by atoms with Crippen LogP contribution < -0.4 is 15.4 Å². The topological polar surface area (TPSA) is 92.7 Å². The van der Waals surface area contributed by atoms with Crippen molar-refractivity contribution in [3.05, 3.63) is 66.1 Å². The van der Waals surface area contributed by atoms with Gasteiger partial charge in [-0.05, 0) is 42.1 Å². The fourth-order valence-electron chi connectivity index (χ4n) is 3.96. The number of amides is 4. The van der Waals surface area contributed by atoms with Gasteiger partial charge in [0.05, 0.1) is 19.2 Å². The first-order valence-electron chi connectivity index (χ1n) is 10.7. The summed E-state index contributed by atoms with van der Waals surface area (Å²) in [5, 5.41) is 6.38. The molecule has 2 aromatic carbocycles. The highest BCUT2D eigenvalue weighted by atomic mass is 19.1. The molecule has 3 aromatic rings. The number of aromatic nitrogens is 1. The van der Waals surface area contributed by atoms with Crippen LogP contribution in [0.15, 0.2) is 54.7 Å². The molecule has 4 amide bonds. The molecular weight excluding hydrogens is 427 g/mol. The standard InChI is InChI=1S/C24H25FN4O4/c1-33-21-5-3-2-4-17(21)15-29-23(31)19(27-24(29)32)8-9-22(30)26-11-13-28-12-10-16-6-7-18(25)14-20(16)28/h2-7,10,12,14,19H,8-9,11,13,15H2,1H3,(H,26,30)(H,27,32). The number of halogens is 1. The predicted molar refractivity (Wildman–Crippen MR) is 120 cm³/mol. The van der Waals surface area contributed by atoms with Gasteiger partial charge in [0.25, 0.3) is 5.91 Å². The highest BCUT2D eigenvalue weighted by molar-refractivity contribution is 6.04. The van der Waals surface area contributed by atoms with Crippen LogP contribution in [0.5, 0.6) is 5.75 Å². The van der Waals surface area contributed by atoms with Crippen LogP contribution in [0, 0.1) is 5.82 Å². The van der Waals surface area contributed by atoms with Gasteiger partial charge in [-0.25, -0.2) is 9.18 Å². The van der Waals surface area contributed by atoms with E-state index in [1.165, 1.54) is 19.2 Å². The quantitative estimate of drug-likeness (QED) is 0.489. The highest BCUT2D eigenvalue weighted by Crippen LogP contribution is 2.22. The fraction of sp³-hybridized carbons (Fsp3) is 0.292. The number of urea groups is 1. The first-order chi connectivity index (χ1) is 16.0. The maximum absolute atomic E-state index is 13.5. The van der Waals surface area contributed by atoms with E-state index in [1.807, 2.05) is 29.0 Å². The van der Waals surface area contributed by atoms with E-state index in [4.69, 9.17) is 4.74 Å². The van der Waals surface area contributed by atoms with Crippen molar-refractivity contribution in [1.82, 2.24) is 20.1 Å². The van der Waals surface area contributed by atoms with Crippen molar-refractivity contribution in [2.24, 2.45) is 0 Å². The summed E-state index contributed by atoms with van der Waals surface area (Å²) in [6.07, 6.45) is 2.15. The smallest absolute Gasteiger partial charge is 0.325 e. The molecule has 2 heterocycles. The molecule has 0 aliphatic carbocycles. The minimum absolute atomic E-state index is 0.0975. The summed E-state index contributed by atoms with van der Waals surface area (Å²) in [6.45, 7) is 0.956. The lowest BCUT2D eigenvalue weighted by Crippen LogP contribution is -2.33. The Morgan fingerprint density at radius 2 is 2.00 bits per heavy atom. The van der Waals surface area contributed by atoms with E-state index in [2.05, 4.69) is 10.6 Å². The zero-order valence-corrected chi connectivity index (χ0v) is 18.2. The minimum atomic E-state index is -0.741. The Labute approximate surface area is 190 Å². The summed E-state index contributed by atoms with van der Waals surface area (Å²) in [5.74, 6) is -0.295. The van der Waals surface area contributed by atoms with Crippen LogP contribution in [0.1, 0.15) is 18.4 Å². The molecule has 1 saturated heterocycles. The molecule has 0 saturated carbocycles. The molecule has 8 nitrogen and oxygen atoms in total. The third kappa shape index (κ3) is 4.97. The molecule has 4 rings (SSSR count). The number of nitrogens with one attached hydrogen (secondary N) is 2. The van der Waals surface area contributed by atoms with Crippen molar-refractivity contribution in [2.45, 2.75) is 32.0 Å². The normalized spacial score (nSPS) is 15.7. The molecule has 172 valence electrons. The largest absolute Gasteiger partial charge is 0.496 e. The molecule has 0 spiro atoms. The number of ether oxygens (including phenoxy) is 1. The molecule has 1 unspecified atom stereocenters. The van der Waals surface area contributed by atoms with Gasteiger partial charge in [-0.1, -0.05) is 18.2 Å². The van der Waals surface area contributed by atoms with Crippen LogP contribution in [0.4, 0.5) is 9.18 Å². The van der Waals surface area contributed by atoms with E-state index in [0.29, 0.717) is 18.8 Å². The molecular formula is C24H25FN4O4. The van der Waals surface area contributed by atoms with Crippen LogP contribution in [0.3, 0.4) is 0 Å². The number of carbonyl (C=O) groups excluding carboxylic acids is 3. The number of carbonyl (C=O) groups is 3. The number of fused-ring (bicyclic) bond motifs is 1. The Bertz CT molecular complexity index is 1190. The number of para-hydroxylation sites is 1.